The van der Waals surface area contributed by atoms with Crippen LogP contribution >= 0.6 is 0 Å². The third-order valence-electron chi connectivity index (χ3n) is 14.4. The van der Waals surface area contributed by atoms with Crippen LogP contribution in [-0.4, -0.2) is 134 Å². The normalized spacial score (nSPS) is 48.9. The molecule has 0 unspecified atom stereocenters. The molecule has 2 aliphatic heterocycles. The third-order valence-corrected chi connectivity index (χ3v) is 14.4. The minimum absolute atomic E-state index is 0.0219. The number of hydrogen-bond donors (Lipinski definition) is 8. The zero-order valence-corrected chi connectivity index (χ0v) is 30.5. The van der Waals surface area contributed by atoms with Crippen molar-refractivity contribution in [3.05, 3.63) is 11.6 Å². The number of rotatable bonds is 11. The van der Waals surface area contributed by atoms with E-state index in [9.17, 15) is 45.6 Å². The van der Waals surface area contributed by atoms with Gasteiger partial charge < -0.3 is 59.8 Å². The molecule has 19 atom stereocenters. The van der Waals surface area contributed by atoms with Crippen LogP contribution in [0, 0.1) is 46.3 Å². The van der Waals surface area contributed by atoms with Gasteiger partial charge in [0.15, 0.2) is 18.4 Å². The number of hydrogen-bond acceptors (Lipinski definition) is 13. The number of allylic oxidation sites excluding steroid dienone is 1. The van der Waals surface area contributed by atoms with E-state index in [0.717, 1.165) is 32.1 Å². The summed E-state index contributed by atoms with van der Waals surface area (Å²) in [6.45, 7) is 7.84. The molecule has 0 aromatic carbocycles. The van der Waals surface area contributed by atoms with Crippen LogP contribution in [0.1, 0.15) is 85.5 Å². The highest BCUT2D eigenvalue weighted by Gasteiger charge is 2.63. The Balaban J connectivity index is 1.24. The Bertz CT molecular complexity index is 1250. The van der Waals surface area contributed by atoms with Crippen LogP contribution in [0.3, 0.4) is 0 Å². The maximum atomic E-state index is 12.4. The predicted octanol–water partition coefficient (Wildman–Crippen LogP) is 0.798. The lowest BCUT2D eigenvalue weighted by molar-refractivity contribution is -0.352. The standard InChI is InChI=1S/C38H62O13/c1-18(15-39)5-8-25(42)19(2)29-27(14-24-22-7-6-20-13-21(41)9-11-37(20,3)23(22)10-12-38(24,29)4)49-35-33(47)34(26(43)17-48-35)51-36-32(46)31(45)30(44)28(16-40)50-36/h13,18-19,22-36,39-40,42-47H,5-12,14-17H2,1-4H3/t18-,19+,22+,23-,24-,25-,26+,27+,28+,29-,30+,31-,32+,33+,34-,35-,36-,37-,38-/m0/s1. The van der Waals surface area contributed by atoms with Gasteiger partial charge in [-0.2, -0.15) is 0 Å². The Labute approximate surface area is 300 Å². The second-order valence-corrected chi connectivity index (χ2v) is 17.3. The maximum Gasteiger partial charge on any atom is 0.187 e. The monoisotopic (exact) mass is 726 g/mol. The average molecular weight is 727 g/mol. The summed E-state index contributed by atoms with van der Waals surface area (Å²) < 4.78 is 24.0. The minimum Gasteiger partial charge on any atom is -0.396 e. The zero-order chi connectivity index (χ0) is 37.0. The molecule has 0 amide bonds. The van der Waals surface area contributed by atoms with Crippen molar-refractivity contribution in [2.45, 2.75) is 153 Å². The van der Waals surface area contributed by atoms with Gasteiger partial charge in [-0.1, -0.05) is 33.3 Å². The second-order valence-electron chi connectivity index (χ2n) is 17.3. The summed E-state index contributed by atoms with van der Waals surface area (Å²) >= 11 is 0. The molecule has 2 saturated heterocycles. The van der Waals surface area contributed by atoms with Crippen molar-refractivity contribution >= 4 is 5.78 Å². The summed E-state index contributed by atoms with van der Waals surface area (Å²) in [5, 5.41) is 84.4. The number of aliphatic hydroxyl groups excluding tert-OH is 8. The van der Waals surface area contributed by atoms with Crippen LogP contribution in [-0.2, 0) is 23.7 Å². The predicted molar refractivity (Wildman–Crippen MR) is 182 cm³/mol. The van der Waals surface area contributed by atoms with E-state index in [1.165, 1.54) is 5.57 Å². The fraction of sp³-hybridized carbons (Fsp3) is 0.921. The molecule has 0 aromatic rings. The Kier molecular flexibility index (Phi) is 12.1. The highest BCUT2D eigenvalue weighted by molar-refractivity contribution is 5.91. The van der Waals surface area contributed by atoms with Crippen molar-refractivity contribution in [1.82, 2.24) is 0 Å². The molecule has 0 radical (unpaired) electrons. The van der Waals surface area contributed by atoms with E-state index in [2.05, 4.69) is 20.8 Å². The van der Waals surface area contributed by atoms with Gasteiger partial charge in [0.1, 0.15) is 42.7 Å². The van der Waals surface area contributed by atoms with E-state index < -0.39 is 74.1 Å². The summed E-state index contributed by atoms with van der Waals surface area (Å²) in [6.07, 6.45) is -5.25. The van der Waals surface area contributed by atoms with Crippen LogP contribution in [0.2, 0.25) is 0 Å². The van der Waals surface area contributed by atoms with Gasteiger partial charge in [0.2, 0.25) is 0 Å². The number of ether oxygens (including phenoxy) is 4. The number of fused-ring (bicyclic) bond motifs is 5. The van der Waals surface area contributed by atoms with Crippen LogP contribution in [0.25, 0.3) is 0 Å². The van der Waals surface area contributed by atoms with Gasteiger partial charge in [0.05, 0.1) is 25.4 Å². The quantitative estimate of drug-likeness (QED) is 0.148. The molecular formula is C38H62O13. The summed E-state index contributed by atoms with van der Waals surface area (Å²) in [4.78, 5) is 12.4. The molecule has 0 bridgehead atoms. The van der Waals surface area contributed by atoms with Gasteiger partial charge in [-0.25, -0.2) is 0 Å². The van der Waals surface area contributed by atoms with Gasteiger partial charge in [-0.3, -0.25) is 4.79 Å². The molecule has 5 fully saturated rings. The van der Waals surface area contributed by atoms with Gasteiger partial charge in [0, 0.05) is 13.0 Å². The van der Waals surface area contributed by atoms with Gasteiger partial charge in [-0.05, 0) is 104 Å². The molecule has 6 rings (SSSR count). The number of ketones is 1. The van der Waals surface area contributed by atoms with Crippen molar-refractivity contribution in [1.29, 1.82) is 0 Å². The van der Waals surface area contributed by atoms with Gasteiger partial charge in [-0.15, -0.1) is 0 Å². The molecule has 0 aromatic heterocycles. The van der Waals surface area contributed by atoms with E-state index in [1.807, 2.05) is 13.0 Å². The molecule has 0 spiro atoms. The van der Waals surface area contributed by atoms with Gasteiger partial charge >= 0.3 is 0 Å². The fourth-order valence-corrected chi connectivity index (χ4v) is 11.3. The number of aliphatic hydroxyl groups is 8. The molecule has 4 aliphatic carbocycles. The molecule has 2 heterocycles. The molecule has 51 heavy (non-hydrogen) atoms. The Morgan fingerprint density at radius 3 is 2.35 bits per heavy atom. The lowest BCUT2D eigenvalue weighted by atomic mass is 9.46. The highest BCUT2D eigenvalue weighted by atomic mass is 16.7. The maximum absolute atomic E-state index is 12.4. The third kappa shape index (κ3) is 7.25. The van der Waals surface area contributed by atoms with E-state index in [4.69, 9.17) is 18.9 Å². The average Bonchev–Trinajstić information content (AvgIpc) is 3.41. The van der Waals surface area contributed by atoms with Crippen molar-refractivity contribution in [3.8, 4) is 0 Å². The highest BCUT2D eigenvalue weighted by Crippen LogP contribution is 2.68. The Hall–Kier alpha value is -1.07. The largest absolute Gasteiger partial charge is 0.396 e. The van der Waals surface area contributed by atoms with Crippen molar-refractivity contribution in [2.75, 3.05) is 19.8 Å². The zero-order valence-electron chi connectivity index (χ0n) is 30.5. The van der Waals surface area contributed by atoms with Crippen molar-refractivity contribution < 1.29 is 64.6 Å². The lowest BCUT2D eigenvalue weighted by Gasteiger charge is -2.58. The second kappa shape index (κ2) is 15.6. The molecular weight excluding hydrogens is 664 g/mol. The first-order valence-electron chi connectivity index (χ1n) is 19.3. The lowest BCUT2D eigenvalue weighted by Crippen LogP contribution is -2.63. The topological polar surface area (TPSA) is 216 Å². The van der Waals surface area contributed by atoms with Crippen molar-refractivity contribution in [3.63, 3.8) is 0 Å². The van der Waals surface area contributed by atoms with E-state index in [0.29, 0.717) is 37.5 Å². The molecule has 3 saturated carbocycles. The Morgan fingerprint density at radius 1 is 0.902 bits per heavy atom. The number of carbonyl (C=O) groups excluding carboxylic acids is 1. The van der Waals surface area contributed by atoms with Crippen LogP contribution in [0.15, 0.2) is 11.6 Å². The van der Waals surface area contributed by atoms with Crippen LogP contribution in [0.4, 0.5) is 0 Å². The molecule has 8 N–H and O–H groups in total. The first-order chi connectivity index (χ1) is 24.1. The minimum atomic E-state index is -1.72. The molecule has 6 aliphatic rings. The van der Waals surface area contributed by atoms with Crippen LogP contribution < -0.4 is 0 Å². The van der Waals surface area contributed by atoms with Crippen LogP contribution in [0.5, 0.6) is 0 Å². The van der Waals surface area contributed by atoms with Crippen molar-refractivity contribution in [2.24, 2.45) is 46.3 Å². The fourth-order valence-electron chi connectivity index (χ4n) is 11.3. The number of carbonyl (C=O) groups is 1. The first kappa shape index (κ1) is 39.6. The summed E-state index contributed by atoms with van der Waals surface area (Å²) in [5.41, 5.74) is 1.07. The molecule has 292 valence electrons. The van der Waals surface area contributed by atoms with E-state index in [-0.39, 0.29) is 53.5 Å². The summed E-state index contributed by atoms with van der Waals surface area (Å²) in [7, 11) is 0. The smallest absolute Gasteiger partial charge is 0.187 e. The molecule has 13 nitrogen and oxygen atoms in total. The van der Waals surface area contributed by atoms with E-state index >= 15 is 0 Å². The Morgan fingerprint density at radius 2 is 1.65 bits per heavy atom. The van der Waals surface area contributed by atoms with E-state index in [1.54, 1.807) is 0 Å². The molecule has 13 heteroatoms. The van der Waals surface area contributed by atoms with Gasteiger partial charge in [0.25, 0.3) is 0 Å². The first-order valence-corrected chi connectivity index (χ1v) is 19.3. The summed E-state index contributed by atoms with van der Waals surface area (Å²) in [5.74, 6) is 1.09. The SMILES string of the molecule is C[C@H](CO)CC[C@H](O)[C@@H](C)[C@H]1[C@H](O[C@@H]2OC[C@@H](O)[C@H](O[C@@H]3O[C@H](CO)[C@@H](O)[C@H](O)[C@H]3O)[C@H]2O)C[C@H]2[C@@H]3CCC4=CC(=O)CC[C@]4(C)[C@H]3CC[C@]12C. The summed E-state index contributed by atoms with van der Waals surface area (Å²) in [6, 6.07) is 0.